The van der Waals surface area contributed by atoms with Crippen LogP contribution in [-0.4, -0.2) is 0 Å². The van der Waals surface area contributed by atoms with Crippen LogP contribution < -0.4 is 9.80 Å². The summed E-state index contributed by atoms with van der Waals surface area (Å²) in [6, 6.07) is 90.8. The van der Waals surface area contributed by atoms with E-state index < -0.39 is 0 Å². The van der Waals surface area contributed by atoms with Crippen LogP contribution in [0.5, 0.6) is 0 Å². The maximum Gasteiger partial charge on any atom is 0.147 e. The second kappa shape index (κ2) is 18.1. The van der Waals surface area contributed by atoms with Crippen molar-refractivity contribution in [1.29, 1.82) is 0 Å². The zero-order valence-electron chi connectivity index (χ0n) is 49.2. The third-order valence-corrected chi connectivity index (χ3v) is 19.5. The number of para-hydroxylation sites is 2. The molecule has 17 aromatic rings. The van der Waals surface area contributed by atoms with Crippen molar-refractivity contribution in [3.05, 3.63) is 277 Å². The van der Waals surface area contributed by atoms with Crippen LogP contribution in [0.1, 0.15) is 49.9 Å². The average Bonchev–Trinajstić information content (AvgIpc) is 1.63. The number of furan rings is 5. The zero-order chi connectivity index (χ0) is 59.0. The molecule has 0 aliphatic heterocycles. The van der Waals surface area contributed by atoms with Crippen LogP contribution in [0.25, 0.3) is 133 Å². The Kier molecular flexibility index (Phi) is 10.2. The van der Waals surface area contributed by atoms with E-state index in [2.05, 4.69) is 244 Å². The molecule has 0 spiro atoms. The lowest BCUT2D eigenvalue weighted by molar-refractivity contribution is 0.631. The number of hydrogen-bond donors (Lipinski definition) is 0. The Hall–Kier alpha value is -11.3. The molecule has 19 rings (SSSR count). The summed E-state index contributed by atoms with van der Waals surface area (Å²) < 4.78 is 33.5. The van der Waals surface area contributed by atoms with Crippen molar-refractivity contribution in [3.8, 4) is 44.9 Å². The van der Waals surface area contributed by atoms with Gasteiger partial charge in [0.25, 0.3) is 0 Å². The number of hydrogen-bond acceptors (Lipinski definition) is 7. The van der Waals surface area contributed by atoms with Crippen molar-refractivity contribution in [2.24, 2.45) is 0 Å². The molecule has 0 fully saturated rings. The first-order valence-electron chi connectivity index (χ1n) is 30.5. The highest BCUT2D eigenvalue weighted by Crippen LogP contribution is 2.54. The summed E-state index contributed by atoms with van der Waals surface area (Å²) in [5, 5.41) is 8.10. The van der Waals surface area contributed by atoms with E-state index in [1.54, 1.807) is 0 Å². The smallest absolute Gasteiger partial charge is 0.147 e. The summed E-state index contributed by atoms with van der Waals surface area (Å²) in [5.41, 5.74) is 24.5. The van der Waals surface area contributed by atoms with E-state index in [-0.39, 0.29) is 10.8 Å². The second-order valence-electron chi connectivity index (χ2n) is 25.2. The van der Waals surface area contributed by atoms with E-state index in [9.17, 15) is 0 Å². The molecule has 12 aromatic carbocycles. The molecule has 7 nitrogen and oxygen atoms in total. The van der Waals surface area contributed by atoms with Gasteiger partial charge in [-0.1, -0.05) is 125 Å². The first kappa shape index (κ1) is 49.9. The molecule has 0 N–H and O–H groups in total. The van der Waals surface area contributed by atoms with Gasteiger partial charge in [0.2, 0.25) is 0 Å². The molecule has 0 radical (unpaired) electrons. The van der Waals surface area contributed by atoms with E-state index in [1.807, 2.05) is 48.5 Å². The number of nitrogens with zero attached hydrogens (tertiary/aromatic N) is 2. The predicted octanol–water partition coefficient (Wildman–Crippen LogP) is 23.8. The van der Waals surface area contributed by atoms with Crippen LogP contribution in [0, 0.1) is 0 Å². The number of benzene rings is 12. The summed E-state index contributed by atoms with van der Waals surface area (Å²) in [7, 11) is 0. The first-order chi connectivity index (χ1) is 43.6. The minimum absolute atomic E-state index is 0.181. The van der Waals surface area contributed by atoms with Gasteiger partial charge in [0.1, 0.15) is 56.2 Å². The van der Waals surface area contributed by atoms with E-state index in [0.717, 1.165) is 145 Å². The fourth-order valence-electron chi connectivity index (χ4n) is 15.1. The van der Waals surface area contributed by atoms with E-state index in [4.69, 9.17) is 22.1 Å². The molecule has 422 valence electrons. The van der Waals surface area contributed by atoms with Crippen LogP contribution in [0.15, 0.2) is 277 Å². The zero-order valence-corrected chi connectivity index (χ0v) is 49.2. The molecule has 2 aliphatic carbocycles. The number of rotatable bonds is 8. The molecule has 5 heterocycles. The Morgan fingerprint density at radius 2 is 0.640 bits per heavy atom. The van der Waals surface area contributed by atoms with E-state index in [1.165, 1.54) is 44.5 Å². The minimum Gasteiger partial charge on any atom is -0.456 e. The fourth-order valence-corrected chi connectivity index (χ4v) is 15.1. The maximum atomic E-state index is 7.01. The van der Waals surface area contributed by atoms with Crippen LogP contribution >= 0.6 is 0 Å². The van der Waals surface area contributed by atoms with Crippen molar-refractivity contribution in [2.45, 2.75) is 38.5 Å². The Balaban J connectivity index is 0.725. The van der Waals surface area contributed by atoms with Gasteiger partial charge in [-0.15, -0.1) is 0 Å². The first-order valence-corrected chi connectivity index (χ1v) is 30.5. The number of fused-ring (bicyclic) bond motifs is 19. The van der Waals surface area contributed by atoms with E-state index in [0.29, 0.717) is 0 Å². The van der Waals surface area contributed by atoms with Gasteiger partial charge in [-0.25, -0.2) is 0 Å². The summed E-state index contributed by atoms with van der Waals surface area (Å²) in [6.07, 6.45) is 0. The SMILES string of the molecule is CC1(C)c2ccccc2-c2ccc(N(c3ccc(-c4cc5ccccc5o4)cc3)c3ccc4c(c3)oc3ccc5c(oc6ccc7oc8cc(N(c9ccc(-c%10cc%11ccccc%11o%10)cc9)c9ccc%10c(c9)C(C)(C)c9ccccc9-%10)ccc8c7c65)c34)cc21. The Bertz CT molecular complexity index is 5760. The summed E-state index contributed by atoms with van der Waals surface area (Å²) in [4.78, 5) is 4.68. The lowest BCUT2D eigenvalue weighted by Gasteiger charge is -2.28. The molecule has 2 aliphatic rings. The third kappa shape index (κ3) is 7.27. The van der Waals surface area contributed by atoms with Crippen LogP contribution in [0.4, 0.5) is 34.1 Å². The lowest BCUT2D eigenvalue weighted by atomic mass is 9.82. The molecule has 7 heteroatoms. The van der Waals surface area contributed by atoms with Gasteiger partial charge >= 0.3 is 0 Å². The Labute approximate surface area is 511 Å². The van der Waals surface area contributed by atoms with Crippen LogP contribution in [0.2, 0.25) is 0 Å². The van der Waals surface area contributed by atoms with Gasteiger partial charge in [0, 0.05) is 106 Å². The fraction of sp³-hybridized carbons (Fsp3) is 0.0732. The van der Waals surface area contributed by atoms with Crippen LogP contribution in [-0.2, 0) is 10.8 Å². The van der Waals surface area contributed by atoms with Crippen molar-refractivity contribution in [3.63, 3.8) is 0 Å². The van der Waals surface area contributed by atoms with Gasteiger partial charge in [0.05, 0.1) is 5.39 Å². The van der Waals surface area contributed by atoms with Gasteiger partial charge in [0.15, 0.2) is 0 Å². The highest BCUT2D eigenvalue weighted by Gasteiger charge is 2.38. The van der Waals surface area contributed by atoms with Crippen molar-refractivity contribution in [2.75, 3.05) is 9.80 Å². The van der Waals surface area contributed by atoms with Gasteiger partial charge in [-0.05, 0) is 190 Å². The standard InChI is InChI=1S/C82H54N2O5/c1-81(2)64-17-9-7-15-57(64)59-33-29-53(43-66(59)81)83(51-25-21-47(22-26-51)73-41-49-13-5-11-19-68(49)85-73)55-31-35-61-75(45-55)87-70-39-40-71-78(77(61)70)63-37-38-72-79(80(63)89-71)62-36-32-56(46-76(62)88-72)84(52-27-23-48(24-28-52)74-42-50-14-6-12-20-69(50)86-74)54-30-34-60-58-16-8-10-18-65(58)82(3,4)67(60)44-54/h5-46H,1-4H3. The molecule has 89 heavy (non-hydrogen) atoms. The van der Waals surface area contributed by atoms with Gasteiger partial charge in [-0.3, -0.25) is 0 Å². The number of anilines is 6. The highest BCUT2D eigenvalue weighted by molar-refractivity contribution is 6.30. The van der Waals surface area contributed by atoms with Crippen LogP contribution in [0.3, 0.4) is 0 Å². The second-order valence-corrected chi connectivity index (χ2v) is 25.2. The van der Waals surface area contributed by atoms with Gasteiger partial charge < -0.3 is 31.9 Å². The topological polar surface area (TPSA) is 72.2 Å². The molecule has 0 saturated heterocycles. The Morgan fingerprint density at radius 1 is 0.258 bits per heavy atom. The molecule has 0 bridgehead atoms. The monoisotopic (exact) mass is 1150 g/mol. The predicted molar refractivity (Wildman–Crippen MR) is 363 cm³/mol. The minimum atomic E-state index is -0.182. The average molecular weight is 1150 g/mol. The van der Waals surface area contributed by atoms with Crippen molar-refractivity contribution in [1.82, 2.24) is 0 Å². The van der Waals surface area contributed by atoms with E-state index >= 15 is 0 Å². The quantitative estimate of drug-likeness (QED) is 0.150. The molecule has 0 saturated carbocycles. The normalized spacial score (nSPS) is 13.8. The van der Waals surface area contributed by atoms with Gasteiger partial charge in [-0.2, -0.15) is 0 Å². The lowest BCUT2D eigenvalue weighted by Crippen LogP contribution is -2.16. The molecular weight excluding hydrogens is 1090 g/mol. The third-order valence-electron chi connectivity index (χ3n) is 19.5. The molecular formula is C82H54N2O5. The molecule has 0 atom stereocenters. The summed E-state index contributed by atoms with van der Waals surface area (Å²) >= 11 is 0. The van der Waals surface area contributed by atoms with Crippen molar-refractivity contribution < 1.29 is 22.1 Å². The molecule has 5 aromatic heterocycles. The Morgan fingerprint density at radius 3 is 1.16 bits per heavy atom. The summed E-state index contributed by atoms with van der Waals surface area (Å²) in [6.45, 7) is 9.33. The molecule has 0 unspecified atom stereocenters. The summed E-state index contributed by atoms with van der Waals surface area (Å²) in [5.74, 6) is 1.67. The maximum absolute atomic E-state index is 7.01. The highest BCUT2D eigenvalue weighted by atomic mass is 16.4. The molecule has 0 amide bonds. The van der Waals surface area contributed by atoms with Crippen molar-refractivity contribution >= 4 is 122 Å². The largest absolute Gasteiger partial charge is 0.456 e.